The molecule has 4 aromatic rings. The molecule has 2 heterocycles. The smallest absolute Gasteiger partial charge is 0.416 e. The molecule has 0 saturated heterocycles. The lowest BCUT2D eigenvalue weighted by molar-refractivity contribution is -0.140. The number of aromatic nitrogens is 1. The van der Waals surface area contributed by atoms with Crippen molar-refractivity contribution in [2.45, 2.75) is 19.2 Å². The lowest BCUT2D eigenvalue weighted by Gasteiger charge is -2.06. The van der Waals surface area contributed by atoms with Gasteiger partial charge in [0, 0.05) is 28.6 Å². The molecule has 31 heavy (non-hydrogen) atoms. The van der Waals surface area contributed by atoms with Crippen LogP contribution in [0.1, 0.15) is 16.8 Å². The van der Waals surface area contributed by atoms with Gasteiger partial charge in [-0.25, -0.2) is 0 Å². The number of ether oxygens (including phenoxy) is 2. The van der Waals surface area contributed by atoms with E-state index in [1.807, 2.05) is 0 Å². The molecule has 0 N–H and O–H groups in total. The first-order chi connectivity index (χ1) is 14.8. The van der Waals surface area contributed by atoms with Crippen LogP contribution in [-0.2, 0) is 28.7 Å². The van der Waals surface area contributed by atoms with Crippen molar-refractivity contribution in [3.8, 4) is 17.1 Å². The minimum Gasteiger partial charge on any atom is -0.487 e. The number of hydrogen-bond donors (Lipinski definition) is 0. The van der Waals surface area contributed by atoms with Gasteiger partial charge in [0.05, 0.1) is 25.4 Å². The van der Waals surface area contributed by atoms with Crippen LogP contribution >= 0.6 is 0 Å². The van der Waals surface area contributed by atoms with Crippen LogP contribution in [0, 0.1) is 0 Å². The van der Waals surface area contributed by atoms with E-state index in [1.54, 1.807) is 24.3 Å². The third-order valence-electron chi connectivity index (χ3n) is 4.63. The number of carbonyl (C=O) groups excluding carboxylic acids is 1. The fraction of sp³-hybridized carbons (Fsp3) is 0.182. The van der Waals surface area contributed by atoms with Gasteiger partial charge in [0.1, 0.15) is 23.6 Å². The van der Waals surface area contributed by atoms with Crippen LogP contribution in [0.3, 0.4) is 0 Å². The molecule has 0 spiro atoms. The standard InChI is InChI=1S/C22H16F3NO5/c1-28-21(27)8-14-11-30-20-10-17(6-7-18(14)20)29-12-16-9-19(31-26-16)13-2-4-15(5-3-13)22(23,24)25/h2-7,9-11H,8,12H2,1H3. The van der Waals surface area contributed by atoms with Gasteiger partial charge >= 0.3 is 12.1 Å². The van der Waals surface area contributed by atoms with E-state index in [0.717, 1.165) is 17.5 Å². The van der Waals surface area contributed by atoms with Gasteiger partial charge in [-0.1, -0.05) is 17.3 Å². The molecular weight excluding hydrogens is 415 g/mol. The maximum absolute atomic E-state index is 12.7. The van der Waals surface area contributed by atoms with Crippen LogP contribution in [0.2, 0.25) is 0 Å². The molecule has 160 valence electrons. The molecule has 0 aliphatic heterocycles. The number of hydrogen-bond acceptors (Lipinski definition) is 6. The normalized spacial score (nSPS) is 11.6. The number of alkyl halides is 3. The molecule has 0 bridgehead atoms. The predicted octanol–water partition coefficient (Wildman–Crippen LogP) is 5.40. The Hall–Kier alpha value is -3.75. The maximum atomic E-state index is 12.7. The zero-order valence-corrected chi connectivity index (χ0v) is 16.2. The summed E-state index contributed by atoms with van der Waals surface area (Å²) in [6.07, 6.45) is -2.79. The number of halogens is 3. The van der Waals surface area contributed by atoms with E-state index in [4.69, 9.17) is 13.7 Å². The largest absolute Gasteiger partial charge is 0.487 e. The van der Waals surface area contributed by atoms with Gasteiger partial charge in [0.2, 0.25) is 0 Å². The van der Waals surface area contributed by atoms with Crippen molar-refractivity contribution in [2.24, 2.45) is 0 Å². The Kier molecular flexibility index (Phi) is 5.41. The van der Waals surface area contributed by atoms with E-state index in [0.29, 0.717) is 33.9 Å². The van der Waals surface area contributed by atoms with Gasteiger partial charge in [-0.15, -0.1) is 0 Å². The first-order valence-corrected chi connectivity index (χ1v) is 9.16. The Bertz CT molecular complexity index is 1210. The monoisotopic (exact) mass is 431 g/mol. The minimum absolute atomic E-state index is 0.0887. The van der Waals surface area contributed by atoms with Crippen LogP contribution in [0.4, 0.5) is 13.2 Å². The molecule has 0 aliphatic rings. The van der Waals surface area contributed by atoms with Crippen molar-refractivity contribution < 1.29 is 36.4 Å². The van der Waals surface area contributed by atoms with E-state index in [-0.39, 0.29) is 19.0 Å². The van der Waals surface area contributed by atoms with Crippen LogP contribution in [0.25, 0.3) is 22.3 Å². The summed E-state index contributed by atoms with van der Waals surface area (Å²) >= 11 is 0. The summed E-state index contributed by atoms with van der Waals surface area (Å²) in [7, 11) is 1.32. The van der Waals surface area contributed by atoms with Crippen LogP contribution in [-0.4, -0.2) is 18.2 Å². The number of rotatable bonds is 6. The molecule has 6 nitrogen and oxygen atoms in total. The summed E-state index contributed by atoms with van der Waals surface area (Å²) in [5, 5.41) is 4.67. The molecular formula is C22H16F3NO5. The quantitative estimate of drug-likeness (QED) is 0.381. The Morgan fingerprint density at radius 3 is 2.58 bits per heavy atom. The lowest BCUT2D eigenvalue weighted by Crippen LogP contribution is -2.03. The predicted molar refractivity (Wildman–Crippen MR) is 103 cm³/mol. The highest BCUT2D eigenvalue weighted by molar-refractivity contribution is 5.86. The fourth-order valence-electron chi connectivity index (χ4n) is 3.01. The third kappa shape index (κ3) is 4.55. The number of esters is 1. The lowest BCUT2D eigenvalue weighted by atomic mass is 10.1. The number of furan rings is 1. The zero-order valence-electron chi connectivity index (χ0n) is 16.2. The first-order valence-electron chi connectivity index (χ1n) is 9.16. The Balaban J connectivity index is 1.42. The fourth-order valence-corrected chi connectivity index (χ4v) is 3.01. The number of nitrogens with zero attached hydrogens (tertiary/aromatic N) is 1. The summed E-state index contributed by atoms with van der Waals surface area (Å²) in [5.41, 5.74) is 1.48. The number of carbonyl (C=O) groups is 1. The van der Waals surface area contributed by atoms with Crippen LogP contribution in [0.5, 0.6) is 5.75 Å². The van der Waals surface area contributed by atoms with Crippen molar-refractivity contribution in [3.05, 3.63) is 71.6 Å². The highest BCUT2D eigenvalue weighted by atomic mass is 19.4. The van der Waals surface area contributed by atoms with Gasteiger partial charge in [0.25, 0.3) is 0 Å². The van der Waals surface area contributed by atoms with Crippen molar-refractivity contribution >= 4 is 16.9 Å². The third-order valence-corrected chi connectivity index (χ3v) is 4.63. The van der Waals surface area contributed by atoms with E-state index in [1.165, 1.54) is 25.5 Å². The molecule has 0 radical (unpaired) electrons. The minimum atomic E-state index is -4.39. The van der Waals surface area contributed by atoms with E-state index >= 15 is 0 Å². The van der Waals surface area contributed by atoms with Crippen molar-refractivity contribution in [1.82, 2.24) is 5.16 Å². The summed E-state index contributed by atoms with van der Waals surface area (Å²) in [4.78, 5) is 11.5. The van der Waals surface area contributed by atoms with Gasteiger partial charge in [0.15, 0.2) is 5.76 Å². The van der Waals surface area contributed by atoms with Crippen LogP contribution < -0.4 is 4.74 Å². The summed E-state index contributed by atoms with van der Waals surface area (Å²) in [5.74, 6) is 0.490. The summed E-state index contributed by atoms with van der Waals surface area (Å²) < 4.78 is 59.1. The average molecular weight is 431 g/mol. The molecule has 4 rings (SSSR count). The van der Waals surface area contributed by atoms with Crippen LogP contribution in [0.15, 0.2) is 63.7 Å². The maximum Gasteiger partial charge on any atom is 0.416 e. The number of methoxy groups -OCH3 is 1. The highest BCUT2D eigenvalue weighted by Gasteiger charge is 2.30. The topological polar surface area (TPSA) is 74.7 Å². The average Bonchev–Trinajstić information content (AvgIpc) is 3.39. The number of benzene rings is 2. The second-order valence-electron chi connectivity index (χ2n) is 6.72. The Morgan fingerprint density at radius 2 is 1.87 bits per heavy atom. The van der Waals surface area contributed by atoms with Gasteiger partial charge in [-0.3, -0.25) is 4.79 Å². The zero-order chi connectivity index (χ0) is 22.0. The molecule has 0 aliphatic carbocycles. The molecule has 0 fully saturated rings. The number of fused-ring (bicyclic) bond motifs is 1. The van der Waals surface area contributed by atoms with E-state index in [2.05, 4.69) is 9.89 Å². The van der Waals surface area contributed by atoms with Crippen molar-refractivity contribution in [1.29, 1.82) is 0 Å². The molecule has 2 aromatic carbocycles. The van der Waals surface area contributed by atoms with E-state index in [9.17, 15) is 18.0 Å². The molecule has 0 saturated carbocycles. The van der Waals surface area contributed by atoms with Gasteiger partial charge in [-0.2, -0.15) is 13.2 Å². The van der Waals surface area contributed by atoms with Crippen molar-refractivity contribution in [2.75, 3.05) is 7.11 Å². The summed E-state index contributed by atoms with van der Waals surface area (Å²) in [6.45, 7) is 0.0887. The van der Waals surface area contributed by atoms with Gasteiger partial charge < -0.3 is 18.4 Å². The van der Waals surface area contributed by atoms with E-state index < -0.39 is 11.7 Å². The first kappa shape index (κ1) is 20.5. The Morgan fingerprint density at radius 1 is 1.10 bits per heavy atom. The van der Waals surface area contributed by atoms with Gasteiger partial charge in [-0.05, 0) is 24.3 Å². The molecule has 0 amide bonds. The van der Waals surface area contributed by atoms with Crippen molar-refractivity contribution in [3.63, 3.8) is 0 Å². The Labute approximate surface area is 174 Å². The second kappa shape index (κ2) is 8.17. The molecule has 2 aromatic heterocycles. The molecule has 0 unspecified atom stereocenters. The highest BCUT2D eigenvalue weighted by Crippen LogP contribution is 2.31. The summed E-state index contributed by atoms with van der Waals surface area (Å²) in [6, 6.07) is 11.4. The second-order valence-corrected chi connectivity index (χ2v) is 6.72. The molecule has 9 heteroatoms. The SMILES string of the molecule is COC(=O)Cc1coc2cc(OCc3cc(-c4ccc(C(F)(F)F)cc4)on3)ccc12. The molecule has 0 atom stereocenters.